The molecule has 0 aromatic heterocycles. The highest BCUT2D eigenvalue weighted by Gasteiger charge is 2.13. The molecule has 0 radical (unpaired) electrons. The zero-order valence-corrected chi connectivity index (χ0v) is 9.80. The van der Waals surface area contributed by atoms with Crippen LogP contribution in [-0.2, 0) is 4.74 Å². The Bertz CT molecular complexity index is 470. The lowest BCUT2D eigenvalue weighted by atomic mass is 10.1. The van der Waals surface area contributed by atoms with Gasteiger partial charge in [0.15, 0.2) is 0 Å². The minimum atomic E-state index is -1.16. The molecular formula is C12H13NO5. The zero-order valence-electron chi connectivity index (χ0n) is 9.80. The van der Waals surface area contributed by atoms with Crippen LogP contribution in [0.3, 0.4) is 0 Å². The van der Waals surface area contributed by atoms with Crippen LogP contribution in [0.5, 0.6) is 5.75 Å². The van der Waals surface area contributed by atoms with Gasteiger partial charge in [0.1, 0.15) is 12.4 Å². The van der Waals surface area contributed by atoms with Gasteiger partial charge in [-0.05, 0) is 12.1 Å². The first-order chi connectivity index (χ1) is 8.58. The third-order valence-electron chi connectivity index (χ3n) is 2.03. The minimum Gasteiger partial charge on any atom is -0.497 e. The van der Waals surface area contributed by atoms with Gasteiger partial charge in [-0.1, -0.05) is 12.7 Å². The maximum Gasteiger partial charge on any atom is 0.411 e. The summed E-state index contributed by atoms with van der Waals surface area (Å²) in [5.74, 6) is -0.726. The third-order valence-corrected chi connectivity index (χ3v) is 2.03. The first-order valence-corrected chi connectivity index (χ1v) is 5.04. The summed E-state index contributed by atoms with van der Waals surface area (Å²) in [7, 11) is 1.44. The Morgan fingerprint density at radius 2 is 2.22 bits per heavy atom. The molecule has 0 saturated heterocycles. The monoisotopic (exact) mass is 251 g/mol. The molecule has 0 aliphatic heterocycles. The van der Waals surface area contributed by atoms with E-state index in [1.54, 1.807) is 0 Å². The molecule has 0 saturated carbocycles. The van der Waals surface area contributed by atoms with Crippen LogP contribution < -0.4 is 10.1 Å². The smallest absolute Gasteiger partial charge is 0.411 e. The number of nitrogens with one attached hydrogen (secondary N) is 1. The predicted molar refractivity (Wildman–Crippen MR) is 65.1 cm³/mol. The fraction of sp³-hybridized carbons (Fsp3) is 0.167. The molecule has 1 rings (SSSR count). The van der Waals surface area contributed by atoms with Gasteiger partial charge in [0, 0.05) is 6.07 Å². The Kier molecular flexibility index (Phi) is 4.74. The molecule has 1 aromatic rings. The van der Waals surface area contributed by atoms with E-state index in [2.05, 4.69) is 11.9 Å². The number of carbonyl (C=O) groups excluding carboxylic acids is 1. The molecule has 2 N–H and O–H groups in total. The summed E-state index contributed by atoms with van der Waals surface area (Å²) in [5.41, 5.74) is 0.0577. The number of carboxylic acid groups (broad SMARTS) is 1. The molecule has 6 heteroatoms. The van der Waals surface area contributed by atoms with Gasteiger partial charge < -0.3 is 14.6 Å². The van der Waals surface area contributed by atoms with Crippen LogP contribution >= 0.6 is 0 Å². The molecule has 1 amide bonds. The number of amides is 1. The maximum atomic E-state index is 11.3. The van der Waals surface area contributed by atoms with E-state index in [0.717, 1.165) is 0 Å². The lowest BCUT2D eigenvalue weighted by Gasteiger charge is -2.10. The van der Waals surface area contributed by atoms with Gasteiger partial charge in [-0.15, -0.1) is 0 Å². The van der Waals surface area contributed by atoms with Gasteiger partial charge in [-0.25, -0.2) is 9.59 Å². The second-order valence-corrected chi connectivity index (χ2v) is 3.23. The summed E-state index contributed by atoms with van der Waals surface area (Å²) < 4.78 is 9.65. The molecule has 0 heterocycles. The van der Waals surface area contributed by atoms with Crippen LogP contribution in [0.2, 0.25) is 0 Å². The Morgan fingerprint density at radius 3 is 2.78 bits per heavy atom. The first-order valence-electron chi connectivity index (χ1n) is 5.04. The van der Waals surface area contributed by atoms with E-state index in [1.807, 2.05) is 0 Å². The van der Waals surface area contributed by atoms with E-state index < -0.39 is 12.1 Å². The summed E-state index contributed by atoms with van der Waals surface area (Å²) in [6.07, 6.45) is 0.647. The van der Waals surface area contributed by atoms with Crippen molar-refractivity contribution in [1.82, 2.24) is 0 Å². The second-order valence-electron chi connectivity index (χ2n) is 3.23. The highest BCUT2D eigenvalue weighted by molar-refractivity contribution is 5.99. The standard InChI is InChI=1S/C12H13NO5/c1-3-6-18-12(16)13-10-7-8(17-2)4-5-9(10)11(14)15/h3-5,7H,1,6H2,2H3,(H,13,16)(H,14,15). The summed E-state index contributed by atoms with van der Waals surface area (Å²) in [5, 5.41) is 11.3. The highest BCUT2D eigenvalue weighted by atomic mass is 16.5. The Hall–Kier alpha value is -2.50. The van der Waals surface area contributed by atoms with Gasteiger partial charge in [-0.2, -0.15) is 0 Å². The summed E-state index contributed by atoms with van der Waals surface area (Å²) in [6, 6.07) is 4.23. The van der Waals surface area contributed by atoms with Gasteiger partial charge in [-0.3, -0.25) is 5.32 Å². The molecule has 0 fully saturated rings. The average molecular weight is 251 g/mol. The summed E-state index contributed by atoms with van der Waals surface area (Å²) >= 11 is 0. The highest BCUT2D eigenvalue weighted by Crippen LogP contribution is 2.22. The third kappa shape index (κ3) is 3.51. The van der Waals surface area contributed by atoms with E-state index >= 15 is 0 Å². The number of benzene rings is 1. The van der Waals surface area contributed by atoms with Crippen molar-refractivity contribution in [3.05, 3.63) is 36.4 Å². The first kappa shape index (κ1) is 13.6. The molecule has 0 bridgehead atoms. The summed E-state index contributed by atoms with van der Waals surface area (Å²) in [6.45, 7) is 3.43. The fourth-order valence-corrected chi connectivity index (χ4v) is 1.22. The van der Waals surface area contributed by atoms with E-state index in [-0.39, 0.29) is 17.9 Å². The molecule has 0 atom stereocenters. The number of anilines is 1. The summed E-state index contributed by atoms with van der Waals surface area (Å²) in [4.78, 5) is 22.3. The quantitative estimate of drug-likeness (QED) is 0.783. The van der Waals surface area contributed by atoms with Crippen molar-refractivity contribution < 1.29 is 24.2 Å². The molecule has 0 unspecified atom stereocenters. The van der Waals surface area contributed by atoms with Crippen molar-refractivity contribution in [3.8, 4) is 5.75 Å². The molecular weight excluding hydrogens is 238 g/mol. The average Bonchev–Trinajstić information content (AvgIpc) is 2.35. The number of ether oxygens (including phenoxy) is 2. The van der Waals surface area contributed by atoms with Gasteiger partial charge in [0.25, 0.3) is 0 Å². The van der Waals surface area contributed by atoms with Crippen molar-refractivity contribution in [3.63, 3.8) is 0 Å². The van der Waals surface area contributed by atoms with Crippen LogP contribution in [0.15, 0.2) is 30.9 Å². The normalized spacial score (nSPS) is 9.39. The molecule has 96 valence electrons. The van der Waals surface area contributed by atoms with Crippen molar-refractivity contribution in [2.24, 2.45) is 0 Å². The number of methoxy groups -OCH3 is 1. The predicted octanol–water partition coefficient (Wildman–Crippen LogP) is 2.13. The van der Waals surface area contributed by atoms with Crippen LogP contribution in [-0.4, -0.2) is 30.9 Å². The Morgan fingerprint density at radius 1 is 1.50 bits per heavy atom. The lowest BCUT2D eigenvalue weighted by Crippen LogP contribution is -2.16. The number of carbonyl (C=O) groups is 2. The van der Waals surface area contributed by atoms with Crippen molar-refractivity contribution in [2.45, 2.75) is 0 Å². The lowest BCUT2D eigenvalue weighted by molar-refractivity contribution is 0.0698. The van der Waals surface area contributed by atoms with Crippen molar-refractivity contribution >= 4 is 17.7 Å². The maximum absolute atomic E-state index is 11.3. The van der Waals surface area contributed by atoms with Crippen LogP contribution in [0.4, 0.5) is 10.5 Å². The SMILES string of the molecule is C=CCOC(=O)Nc1cc(OC)ccc1C(=O)O. The van der Waals surface area contributed by atoms with E-state index in [0.29, 0.717) is 5.75 Å². The number of carboxylic acids is 1. The Labute approximate surface area is 104 Å². The second kappa shape index (κ2) is 6.29. The molecule has 18 heavy (non-hydrogen) atoms. The zero-order chi connectivity index (χ0) is 13.5. The van der Waals surface area contributed by atoms with Gasteiger partial charge in [0.2, 0.25) is 0 Å². The molecule has 6 nitrogen and oxygen atoms in total. The number of hydrogen-bond acceptors (Lipinski definition) is 4. The topological polar surface area (TPSA) is 84.9 Å². The van der Waals surface area contributed by atoms with Gasteiger partial charge in [0.05, 0.1) is 18.4 Å². The largest absolute Gasteiger partial charge is 0.497 e. The molecule has 1 aromatic carbocycles. The number of aromatic carboxylic acids is 1. The van der Waals surface area contributed by atoms with Crippen molar-refractivity contribution in [2.75, 3.05) is 19.0 Å². The van der Waals surface area contributed by atoms with E-state index in [9.17, 15) is 9.59 Å². The number of hydrogen-bond donors (Lipinski definition) is 2. The van der Waals surface area contributed by atoms with Crippen LogP contribution in [0, 0.1) is 0 Å². The molecule has 0 spiro atoms. The van der Waals surface area contributed by atoms with Crippen molar-refractivity contribution in [1.29, 1.82) is 0 Å². The number of rotatable bonds is 5. The van der Waals surface area contributed by atoms with E-state index in [1.165, 1.54) is 31.4 Å². The van der Waals surface area contributed by atoms with E-state index in [4.69, 9.17) is 14.6 Å². The Balaban J connectivity index is 2.93. The molecule has 0 aliphatic rings. The van der Waals surface area contributed by atoms with Gasteiger partial charge >= 0.3 is 12.1 Å². The minimum absolute atomic E-state index is 0.0399. The van der Waals surface area contributed by atoms with Crippen LogP contribution in [0.1, 0.15) is 10.4 Å². The van der Waals surface area contributed by atoms with Crippen LogP contribution in [0.25, 0.3) is 0 Å². The fourth-order valence-electron chi connectivity index (χ4n) is 1.22. The molecule has 0 aliphatic carbocycles.